The van der Waals surface area contributed by atoms with Crippen LogP contribution in [0.25, 0.3) is 0 Å². The van der Waals surface area contributed by atoms with E-state index in [1.54, 1.807) is 0 Å². The molecule has 0 bridgehead atoms. The number of hydrogen-bond acceptors (Lipinski definition) is 1. The third kappa shape index (κ3) is 6.61. The van der Waals surface area contributed by atoms with Crippen molar-refractivity contribution < 1.29 is 48.6 Å². The third-order valence-electron chi connectivity index (χ3n) is 7.37. The maximum absolute atomic E-state index is 14.9. The first kappa shape index (κ1) is 27.1. The van der Waals surface area contributed by atoms with E-state index in [-0.39, 0.29) is 19.3 Å². The molecule has 3 aliphatic rings. The molecule has 194 valence electrons. The SMILES string of the molecule is FC1CC(CC(F)(F)C2C(F)CC(Cl)CC2F)CCC1C1CC(F)C(OC(F)(F)F)C(F)C1. The Kier molecular flexibility index (Phi) is 8.45. The van der Waals surface area contributed by atoms with Gasteiger partial charge in [-0.1, -0.05) is 0 Å². The quantitative estimate of drug-likeness (QED) is 0.270. The lowest BCUT2D eigenvalue weighted by Gasteiger charge is -2.43. The minimum Gasteiger partial charge on any atom is -0.282 e. The summed E-state index contributed by atoms with van der Waals surface area (Å²) in [5.74, 6) is -8.55. The molecule has 0 amide bonds. The highest BCUT2D eigenvalue weighted by atomic mass is 35.5. The van der Waals surface area contributed by atoms with Gasteiger partial charge in [-0.2, -0.15) is 0 Å². The Bertz CT molecular complexity index is 625. The molecule has 0 aromatic heterocycles. The van der Waals surface area contributed by atoms with Gasteiger partial charge in [0.15, 0.2) is 0 Å². The summed E-state index contributed by atoms with van der Waals surface area (Å²) in [6, 6.07) is 0. The number of halogens is 11. The monoisotopic (exact) mass is 520 g/mol. The number of ether oxygens (including phenoxy) is 1. The maximum atomic E-state index is 14.9. The molecule has 7 atom stereocenters. The van der Waals surface area contributed by atoms with E-state index >= 15 is 0 Å². The van der Waals surface area contributed by atoms with Crippen molar-refractivity contribution >= 4 is 11.6 Å². The molecule has 0 aromatic carbocycles. The fourth-order valence-electron chi connectivity index (χ4n) is 5.91. The zero-order chi connectivity index (χ0) is 24.7. The van der Waals surface area contributed by atoms with E-state index in [0.717, 1.165) is 0 Å². The highest BCUT2D eigenvalue weighted by Gasteiger charge is 2.54. The van der Waals surface area contributed by atoms with Crippen LogP contribution >= 0.6 is 11.6 Å². The van der Waals surface area contributed by atoms with Crippen molar-refractivity contribution in [3.63, 3.8) is 0 Å². The first-order valence-corrected chi connectivity index (χ1v) is 11.6. The van der Waals surface area contributed by atoms with Crippen LogP contribution in [0.5, 0.6) is 0 Å². The standard InChI is InChI=1S/C21H27ClF10O/c22-11-6-14(24)18(15(25)7-11)20(28,29)8-9-1-2-12(13(23)3-9)10-4-16(26)19(17(27)5-10)33-21(30,31)32/h9-19H,1-8H2. The van der Waals surface area contributed by atoms with Gasteiger partial charge in [-0.3, -0.25) is 4.74 Å². The molecular weight excluding hydrogens is 494 g/mol. The number of hydrogen-bond donors (Lipinski definition) is 0. The molecule has 0 N–H and O–H groups in total. The Morgan fingerprint density at radius 3 is 1.73 bits per heavy atom. The summed E-state index contributed by atoms with van der Waals surface area (Å²) in [5.41, 5.74) is 0. The van der Waals surface area contributed by atoms with Crippen molar-refractivity contribution in [2.24, 2.45) is 23.7 Å². The Morgan fingerprint density at radius 1 is 0.697 bits per heavy atom. The summed E-state index contributed by atoms with van der Waals surface area (Å²) in [5, 5.41) is -0.872. The Balaban J connectivity index is 1.56. The molecule has 33 heavy (non-hydrogen) atoms. The van der Waals surface area contributed by atoms with Crippen LogP contribution in [-0.2, 0) is 4.74 Å². The summed E-state index contributed by atoms with van der Waals surface area (Å²) in [7, 11) is 0. The van der Waals surface area contributed by atoms with Gasteiger partial charge < -0.3 is 0 Å². The first-order valence-electron chi connectivity index (χ1n) is 11.1. The van der Waals surface area contributed by atoms with Crippen molar-refractivity contribution in [2.75, 3.05) is 0 Å². The van der Waals surface area contributed by atoms with Gasteiger partial charge in [0.25, 0.3) is 5.92 Å². The van der Waals surface area contributed by atoms with Gasteiger partial charge >= 0.3 is 6.36 Å². The lowest BCUT2D eigenvalue weighted by molar-refractivity contribution is -0.358. The van der Waals surface area contributed by atoms with Crippen LogP contribution < -0.4 is 0 Å². The Hall–Kier alpha value is -0.450. The molecule has 0 saturated heterocycles. The summed E-state index contributed by atoms with van der Waals surface area (Å²) in [4.78, 5) is 0. The van der Waals surface area contributed by atoms with Crippen molar-refractivity contribution in [3.8, 4) is 0 Å². The predicted molar refractivity (Wildman–Crippen MR) is 101 cm³/mol. The van der Waals surface area contributed by atoms with Crippen molar-refractivity contribution in [1.29, 1.82) is 0 Å². The van der Waals surface area contributed by atoms with Gasteiger partial charge in [0.1, 0.15) is 37.0 Å². The molecule has 12 heteroatoms. The van der Waals surface area contributed by atoms with E-state index in [1.165, 1.54) is 0 Å². The molecule has 7 unspecified atom stereocenters. The molecule has 0 aromatic rings. The molecule has 0 aliphatic heterocycles. The van der Waals surface area contributed by atoms with E-state index in [1.807, 2.05) is 0 Å². The van der Waals surface area contributed by atoms with Crippen molar-refractivity contribution in [3.05, 3.63) is 0 Å². The van der Waals surface area contributed by atoms with Crippen LogP contribution in [0, 0.1) is 23.7 Å². The molecule has 3 saturated carbocycles. The van der Waals surface area contributed by atoms with E-state index in [2.05, 4.69) is 4.74 Å². The number of rotatable bonds is 5. The summed E-state index contributed by atoms with van der Waals surface area (Å²) >= 11 is 5.69. The van der Waals surface area contributed by atoms with Gasteiger partial charge in [-0.05, 0) is 62.7 Å². The molecule has 0 radical (unpaired) electrons. The fraction of sp³-hybridized carbons (Fsp3) is 1.00. The molecule has 3 aliphatic carbocycles. The zero-order valence-corrected chi connectivity index (χ0v) is 18.3. The molecule has 0 heterocycles. The maximum Gasteiger partial charge on any atom is 0.522 e. The van der Waals surface area contributed by atoms with Gasteiger partial charge in [0.2, 0.25) is 0 Å². The highest BCUT2D eigenvalue weighted by molar-refractivity contribution is 6.20. The van der Waals surface area contributed by atoms with E-state index in [4.69, 9.17) is 11.6 Å². The van der Waals surface area contributed by atoms with Crippen LogP contribution in [0.4, 0.5) is 43.9 Å². The van der Waals surface area contributed by atoms with Crippen molar-refractivity contribution in [2.45, 2.75) is 106 Å². The minimum atomic E-state index is -5.21. The summed E-state index contributed by atoms with van der Waals surface area (Å²) < 4.78 is 142. The van der Waals surface area contributed by atoms with Crippen LogP contribution in [0.3, 0.4) is 0 Å². The van der Waals surface area contributed by atoms with Crippen LogP contribution in [-0.4, -0.2) is 54.6 Å². The largest absolute Gasteiger partial charge is 0.522 e. The topological polar surface area (TPSA) is 9.23 Å². The zero-order valence-electron chi connectivity index (χ0n) is 17.6. The average molecular weight is 521 g/mol. The Labute approximate surface area is 190 Å². The molecule has 1 nitrogen and oxygen atoms in total. The smallest absolute Gasteiger partial charge is 0.282 e. The molecule has 3 fully saturated rings. The van der Waals surface area contributed by atoms with E-state index in [0.29, 0.717) is 0 Å². The van der Waals surface area contributed by atoms with Gasteiger partial charge in [0.05, 0.1) is 5.92 Å². The predicted octanol–water partition coefficient (Wildman–Crippen LogP) is 7.45. The number of alkyl halides is 11. The highest BCUT2D eigenvalue weighted by Crippen LogP contribution is 2.49. The average Bonchev–Trinajstić information content (AvgIpc) is 2.62. The molecular formula is C21H27ClF10O. The fourth-order valence-corrected chi connectivity index (χ4v) is 6.25. The van der Waals surface area contributed by atoms with Crippen molar-refractivity contribution in [1.82, 2.24) is 0 Å². The molecule has 3 rings (SSSR count). The summed E-state index contributed by atoms with van der Waals surface area (Å²) in [6.07, 6.45) is -21.1. The second-order valence-electron chi connectivity index (χ2n) is 9.74. The first-order chi connectivity index (χ1) is 15.2. The minimum absolute atomic E-state index is 0.00332. The second kappa shape index (κ2) is 10.3. The van der Waals surface area contributed by atoms with E-state index < -0.39 is 110 Å². The van der Waals surface area contributed by atoms with Crippen LogP contribution in [0.15, 0.2) is 0 Å². The van der Waals surface area contributed by atoms with Gasteiger partial charge in [0, 0.05) is 11.8 Å². The van der Waals surface area contributed by atoms with Gasteiger partial charge in [-0.25, -0.2) is 30.7 Å². The normalized spacial score (nSPS) is 45.7. The lowest BCUT2D eigenvalue weighted by atomic mass is 9.67. The lowest BCUT2D eigenvalue weighted by Crippen LogP contribution is -2.49. The van der Waals surface area contributed by atoms with Gasteiger partial charge in [-0.15, -0.1) is 24.8 Å². The van der Waals surface area contributed by atoms with Crippen LogP contribution in [0.1, 0.15) is 51.4 Å². The third-order valence-corrected chi connectivity index (χ3v) is 7.72. The second-order valence-corrected chi connectivity index (χ2v) is 10.4. The van der Waals surface area contributed by atoms with Crippen LogP contribution in [0.2, 0.25) is 0 Å². The molecule has 0 spiro atoms. The van der Waals surface area contributed by atoms with E-state index in [9.17, 15) is 43.9 Å². The summed E-state index contributed by atoms with van der Waals surface area (Å²) in [6.45, 7) is 0. The Morgan fingerprint density at radius 2 is 1.24 bits per heavy atom.